The summed E-state index contributed by atoms with van der Waals surface area (Å²) in [6.45, 7) is 9.03. The van der Waals surface area contributed by atoms with Crippen molar-refractivity contribution < 1.29 is 4.74 Å². The summed E-state index contributed by atoms with van der Waals surface area (Å²) in [5.41, 5.74) is 1.17. The van der Waals surface area contributed by atoms with Gasteiger partial charge in [-0.05, 0) is 54.4 Å². The zero-order valence-corrected chi connectivity index (χ0v) is 16.6. The summed E-state index contributed by atoms with van der Waals surface area (Å²) in [6, 6.07) is 7.83. The van der Waals surface area contributed by atoms with E-state index in [2.05, 4.69) is 43.6 Å². The molecule has 1 atom stereocenters. The fraction of sp³-hybridized carbons (Fsp3) is 0.444. The summed E-state index contributed by atoms with van der Waals surface area (Å²) in [7, 11) is 0. The van der Waals surface area contributed by atoms with Crippen molar-refractivity contribution >= 4 is 21.9 Å². The Bertz CT molecular complexity index is 686. The molecule has 136 valence electrons. The topological polar surface area (TPSA) is 63.5 Å². The van der Waals surface area contributed by atoms with Crippen LogP contribution < -0.4 is 15.4 Å². The van der Waals surface area contributed by atoms with E-state index in [1.54, 1.807) is 0 Å². The monoisotopic (exact) mass is 407 g/mol. The van der Waals surface area contributed by atoms with Crippen LogP contribution in [0.3, 0.4) is 0 Å². The van der Waals surface area contributed by atoms with Crippen LogP contribution in [-0.4, -0.2) is 41.5 Å². The van der Waals surface area contributed by atoms with Gasteiger partial charge in [-0.1, -0.05) is 12.1 Å². The van der Waals surface area contributed by atoms with Crippen molar-refractivity contribution in [3.05, 3.63) is 46.7 Å². The molecule has 1 aromatic carbocycles. The number of guanidine groups is 1. The van der Waals surface area contributed by atoms with Gasteiger partial charge in [0.1, 0.15) is 11.9 Å². The minimum absolute atomic E-state index is 0.0251. The highest BCUT2D eigenvalue weighted by atomic mass is 79.9. The molecule has 1 aromatic heterocycles. The minimum atomic E-state index is -0.0251. The molecule has 0 aliphatic heterocycles. The van der Waals surface area contributed by atoms with Crippen LogP contribution in [0.5, 0.6) is 5.75 Å². The molecule has 2 N–H and O–H groups in total. The maximum atomic E-state index is 5.93. The summed E-state index contributed by atoms with van der Waals surface area (Å²) >= 11 is 3.49. The van der Waals surface area contributed by atoms with Gasteiger partial charge in [-0.15, -0.1) is 0 Å². The number of hydrogen-bond acceptors (Lipinski definition) is 3. The number of nitrogens with zero attached hydrogens (tertiary/aromatic N) is 3. The van der Waals surface area contributed by atoms with Crippen molar-refractivity contribution in [3.8, 4) is 5.75 Å². The molecule has 0 aliphatic rings. The van der Waals surface area contributed by atoms with E-state index in [4.69, 9.17) is 4.74 Å². The fourth-order valence-electron chi connectivity index (χ4n) is 2.23. The minimum Gasteiger partial charge on any atom is -0.488 e. The van der Waals surface area contributed by atoms with Crippen LogP contribution in [0.25, 0.3) is 0 Å². The van der Waals surface area contributed by atoms with Crippen molar-refractivity contribution in [2.24, 2.45) is 4.99 Å². The molecule has 1 heterocycles. The number of para-hydroxylation sites is 1. The average Bonchev–Trinajstić information content (AvgIpc) is 3.00. The van der Waals surface area contributed by atoms with E-state index in [1.165, 1.54) is 5.56 Å². The Morgan fingerprint density at radius 2 is 2.16 bits per heavy atom. The lowest BCUT2D eigenvalue weighted by atomic mass is 10.3. The van der Waals surface area contributed by atoms with Crippen LogP contribution in [-0.2, 0) is 6.54 Å². The predicted octanol–water partition coefficient (Wildman–Crippen LogP) is 2.98. The highest BCUT2D eigenvalue weighted by Gasteiger charge is 2.07. The Labute approximate surface area is 157 Å². The molecule has 1 unspecified atom stereocenters. The Kier molecular flexibility index (Phi) is 7.78. The second-order valence-corrected chi connectivity index (χ2v) is 6.64. The second-order valence-electron chi connectivity index (χ2n) is 5.79. The molecule has 0 saturated heterocycles. The first-order chi connectivity index (χ1) is 12.1. The third kappa shape index (κ3) is 6.78. The molecule has 0 bridgehead atoms. The van der Waals surface area contributed by atoms with Crippen LogP contribution >= 0.6 is 15.9 Å². The van der Waals surface area contributed by atoms with Crippen molar-refractivity contribution in [2.75, 3.05) is 19.6 Å². The number of halogens is 1. The molecule has 6 nitrogen and oxygen atoms in total. The van der Waals surface area contributed by atoms with Gasteiger partial charge in [-0.2, -0.15) is 5.10 Å². The fourth-order valence-corrected chi connectivity index (χ4v) is 2.61. The number of aryl methyl sites for hydroxylation is 1. The van der Waals surface area contributed by atoms with Crippen LogP contribution in [0.15, 0.2) is 46.1 Å². The largest absolute Gasteiger partial charge is 0.488 e. The van der Waals surface area contributed by atoms with Gasteiger partial charge >= 0.3 is 0 Å². The van der Waals surface area contributed by atoms with Crippen LogP contribution in [0, 0.1) is 6.92 Å². The van der Waals surface area contributed by atoms with Crippen LogP contribution in [0.1, 0.15) is 19.4 Å². The van der Waals surface area contributed by atoms with Gasteiger partial charge in [-0.25, -0.2) is 4.99 Å². The van der Waals surface area contributed by atoms with Crippen LogP contribution in [0.4, 0.5) is 0 Å². The number of ether oxygens (including phenoxy) is 1. The Morgan fingerprint density at radius 1 is 1.36 bits per heavy atom. The summed E-state index contributed by atoms with van der Waals surface area (Å²) in [6.07, 6.45) is 3.86. The molecule has 0 saturated carbocycles. The van der Waals surface area contributed by atoms with Crippen molar-refractivity contribution in [2.45, 2.75) is 33.4 Å². The average molecular weight is 408 g/mol. The SMILES string of the molecule is CCNC(=NCC(C)Oc1ccccc1Br)NCCn1cc(C)cn1. The van der Waals surface area contributed by atoms with Gasteiger partial charge in [0.15, 0.2) is 5.96 Å². The Morgan fingerprint density at radius 3 is 2.84 bits per heavy atom. The van der Waals surface area contributed by atoms with Gasteiger partial charge in [0.05, 0.1) is 23.8 Å². The van der Waals surface area contributed by atoms with Crippen molar-refractivity contribution in [3.63, 3.8) is 0 Å². The maximum absolute atomic E-state index is 5.93. The van der Waals surface area contributed by atoms with Gasteiger partial charge < -0.3 is 15.4 Å². The number of benzene rings is 1. The third-order valence-corrected chi connectivity index (χ3v) is 4.07. The number of hydrogen-bond donors (Lipinski definition) is 2. The lowest BCUT2D eigenvalue weighted by Gasteiger charge is -2.16. The quantitative estimate of drug-likeness (QED) is 0.521. The van der Waals surface area contributed by atoms with E-state index in [-0.39, 0.29) is 6.10 Å². The molecule has 0 aliphatic carbocycles. The standard InChI is InChI=1S/C18H26BrN5O/c1-4-20-18(21-9-10-24-13-14(2)11-23-24)22-12-15(3)25-17-8-6-5-7-16(17)19/h5-8,11,13,15H,4,9-10,12H2,1-3H3,(H2,20,21,22). The first kappa shape index (κ1) is 19.3. The summed E-state index contributed by atoms with van der Waals surface area (Å²) in [4.78, 5) is 4.60. The number of nitrogens with one attached hydrogen (secondary N) is 2. The molecule has 2 aromatic rings. The lowest BCUT2D eigenvalue weighted by molar-refractivity contribution is 0.228. The molecule has 7 heteroatoms. The Hall–Kier alpha value is -2.02. The van der Waals surface area contributed by atoms with Gasteiger partial charge in [0.2, 0.25) is 0 Å². The number of aliphatic imine (C=N–C) groups is 1. The van der Waals surface area contributed by atoms with E-state index in [0.717, 1.165) is 35.8 Å². The number of rotatable bonds is 8. The zero-order valence-electron chi connectivity index (χ0n) is 15.0. The van der Waals surface area contributed by atoms with Gasteiger partial charge in [-0.3, -0.25) is 4.68 Å². The highest BCUT2D eigenvalue weighted by molar-refractivity contribution is 9.10. The first-order valence-corrected chi connectivity index (χ1v) is 9.30. The molecular formula is C18H26BrN5O. The molecule has 0 spiro atoms. The molecular weight excluding hydrogens is 382 g/mol. The van der Waals surface area contributed by atoms with Gasteiger partial charge in [0.25, 0.3) is 0 Å². The molecule has 25 heavy (non-hydrogen) atoms. The van der Waals surface area contributed by atoms with E-state index < -0.39 is 0 Å². The normalized spacial score (nSPS) is 12.7. The summed E-state index contributed by atoms with van der Waals surface area (Å²) in [5.74, 6) is 1.62. The zero-order chi connectivity index (χ0) is 18.1. The van der Waals surface area contributed by atoms with Crippen molar-refractivity contribution in [1.29, 1.82) is 0 Å². The maximum Gasteiger partial charge on any atom is 0.191 e. The molecule has 2 rings (SSSR count). The second kappa shape index (κ2) is 10.1. The van der Waals surface area contributed by atoms with Crippen molar-refractivity contribution in [1.82, 2.24) is 20.4 Å². The van der Waals surface area contributed by atoms with E-state index in [9.17, 15) is 0 Å². The first-order valence-electron chi connectivity index (χ1n) is 8.51. The molecule has 0 radical (unpaired) electrons. The Balaban J connectivity index is 1.82. The van der Waals surface area contributed by atoms with E-state index in [0.29, 0.717) is 6.54 Å². The number of aromatic nitrogens is 2. The summed E-state index contributed by atoms with van der Waals surface area (Å²) < 4.78 is 8.80. The molecule has 0 fully saturated rings. The summed E-state index contributed by atoms with van der Waals surface area (Å²) in [5, 5.41) is 10.9. The lowest BCUT2D eigenvalue weighted by Crippen LogP contribution is -2.39. The van der Waals surface area contributed by atoms with E-state index >= 15 is 0 Å². The van der Waals surface area contributed by atoms with E-state index in [1.807, 2.05) is 55.2 Å². The highest BCUT2D eigenvalue weighted by Crippen LogP contribution is 2.24. The molecule has 0 amide bonds. The smallest absolute Gasteiger partial charge is 0.191 e. The van der Waals surface area contributed by atoms with Crippen LogP contribution in [0.2, 0.25) is 0 Å². The predicted molar refractivity (Wildman–Crippen MR) is 105 cm³/mol. The third-order valence-electron chi connectivity index (χ3n) is 3.41. The van der Waals surface area contributed by atoms with Gasteiger partial charge in [0, 0.05) is 19.3 Å².